The van der Waals surface area contributed by atoms with Gasteiger partial charge in [-0.15, -0.1) is 11.8 Å². The standard InChI is InChI=1S/C26H25N3O11S/c1-12(30)9-18(32)40-10-13-11-41-24-19(23(35)29(24)20(13)26(38)39)27-17(31)8-4-7-16(25(36)37)28-21(33)14-5-2-3-6-15(14)22(28)34/h2-3,5-6,16,19,24H,4,7-11H2,1H3,(H,27,31)(H,36,37)(H,38,39)/t16-,19-,24-/m1/s1. The molecule has 1 saturated heterocycles. The molecule has 3 atom stereocenters. The summed E-state index contributed by atoms with van der Waals surface area (Å²) in [5.74, 6) is -6.71. The van der Waals surface area contributed by atoms with Gasteiger partial charge in [0.1, 0.15) is 42.0 Å². The van der Waals surface area contributed by atoms with Crippen molar-refractivity contribution in [1.29, 1.82) is 0 Å². The Hall–Kier alpha value is -4.53. The molecule has 15 heteroatoms. The molecule has 0 bridgehead atoms. The highest BCUT2D eigenvalue weighted by molar-refractivity contribution is 8.00. The molecule has 1 fully saturated rings. The summed E-state index contributed by atoms with van der Waals surface area (Å²) in [6, 6.07) is 3.45. The van der Waals surface area contributed by atoms with Crippen LogP contribution in [-0.4, -0.2) is 97.2 Å². The van der Waals surface area contributed by atoms with E-state index >= 15 is 0 Å². The van der Waals surface area contributed by atoms with Crippen molar-refractivity contribution in [3.05, 3.63) is 46.7 Å². The SMILES string of the molecule is CC(=O)CC(=O)OCC1=C(C(=O)O)N2C(=O)[C@@H](NC(=O)CCC[C@H](C(=O)O)N3C(=O)c4ccccc4C3=O)[C@H]2SC1. The van der Waals surface area contributed by atoms with Crippen molar-refractivity contribution in [3.8, 4) is 0 Å². The molecular formula is C26H25N3O11S. The second kappa shape index (κ2) is 11.9. The Morgan fingerprint density at radius 1 is 1.07 bits per heavy atom. The molecular weight excluding hydrogens is 562 g/mol. The van der Waals surface area contributed by atoms with Crippen LogP contribution in [0.4, 0.5) is 0 Å². The number of esters is 1. The van der Waals surface area contributed by atoms with Gasteiger partial charge < -0.3 is 20.3 Å². The van der Waals surface area contributed by atoms with E-state index in [1.165, 1.54) is 19.1 Å². The minimum absolute atomic E-state index is 0.0192. The summed E-state index contributed by atoms with van der Waals surface area (Å²) < 4.78 is 4.97. The van der Waals surface area contributed by atoms with Crippen LogP contribution in [0.15, 0.2) is 35.5 Å². The molecule has 41 heavy (non-hydrogen) atoms. The molecule has 0 spiro atoms. The molecule has 4 rings (SSSR count). The maximum absolute atomic E-state index is 12.8. The molecule has 0 unspecified atom stereocenters. The zero-order valence-electron chi connectivity index (χ0n) is 21.7. The van der Waals surface area contributed by atoms with E-state index in [1.807, 2.05) is 0 Å². The summed E-state index contributed by atoms with van der Waals surface area (Å²) >= 11 is 1.16. The Kier molecular flexibility index (Phi) is 8.56. The molecule has 4 amide bonds. The Morgan fingerprint density at radius 2 is 1.71 bits per heavy atom. The topological polar surface area (TPSA) is 205 Å². The molecule has 3 N–H and O–H groups in total. The number of nitrogens with one attached hydrogen (secondary N) is 1. The van der Waals surface area contributed by atoms with Crippen molar-refractivity contribution < 1.29 is 53.3 Å². The third kappa shape index (κ3) is 5.84. The number of rotatable bonds is 12. The molecule has 3 heterocycles. The van der Waals surface area contributed by atoms with Crippen molar-refractivity contribution >= 4 is 59.1 Å². The van der Waals surface area contributed by atoms with Crippen LogP contribution in [0.25, 0.3) is 0 Å². The van der Waals surface area contributed by atoms with E-state index in [0.29, 0.717) is 4.90 Å². The Labute approximate surface area is 236 Å². The lowest BCUT2D eigenvalue weighted by atomic mass is 10.0. The highest BCUT2D eigenvalue weighted by Gasteiger charge is 2.54. The third-order valence-electron chi connectivity index (χ3n) is 6.67. The fourth-order valence-electron chi connectivity index (χ4n) is 4.77. The summed E-state index contributed by atoms with van der Waals surface area (Å²) in [4.78, 5) is 98.9. The van der Waals surface area contributed by atoms with Crippen molar-refractivity contribution in [1.82, 2.24) is 15.1 Å². The van der Waals surface area contributed by atoms with E-state index in [2.05, 4.69) is 5.32 Å². The second-order valence-electron chi connectivity index (χ2n) is 9.52. The normalized spacial score (nSPS) is 20.2. The molecule has 3 aliphatic rings. The smallest absolute Gasteiger partial charge is 0.352 e. The Morgan fingerprint density at radius 3 is 2.27 bits per heavy atom. The lowest BCUT2D eigenvalue weighted by Crippen LogP contribution is -2.70. The molecule has 14 nitrogen and oxygen atoms in total. The maximum atomic E-state index is 12.8. The molecule has 1 aromatic rings. The van der Waals surface area contributed by atoms with Gasteiger partial charge in [0.05, 0.1) is 11.1 Å². The van der Waals surface area contributed by atoms with Crippen molar-refractivity contribution in [2.24, 2.45) is 0 Å². The number of carbonyl (C=O) groups excluding carboxylic acids is 6. The van der Waals surface area contributed by atoms with Gasteiger partial charge in [-0.05, 0) is 31.9 Å². The van der Waals surface area contributed by atoms with Crippen LogP contribution in [0.3, 0.4) is 0 Å². The molecule has 0 saturated carbocycles. The molecule has 0 radical (unpaired) electrons. The molecule has 216 valence electrons. The van der Waals surface area contributed by atoms with Gasteiger partial charge in [0, 0.05) is 17.7 Å². The van der Waals surface area contributed by atoms with Gasteiger partial charge in [-0.1, -0.05) is 12.1 Å². The fourth-order valence-corrected chi connectivity index (χ4v) is 6.10. The first-order chi connectivity index (χ1) is 19.4. The minimum atomic E-state index is -1.49. The molecule has 0 aliphatic carbocycles. The number of carboxylic acids is 2. The quantitative estimate of drug-likeness (QED) is 0.130. The lowest BCUT2D eigenvalue weighted by molar-refractivity contribution is -0.151. The van der Waals surface area contributed by atoms with Crippen LogP contribution < -0.4 is 5.32 Å². The monoisotopic (exact) mass is 587 g/mol. The van der Waals surface area contributed by atoms with E-state index in [-0.39, 0.29) is 47.4 Å². The first-order valence-corrected chi connectivity index (χ1v) is 13.5. The van der Waals surface area contributed by atoms with Crippen molar-refractivity contribution in [2.75, 3.05) is 12.4 Å². The van der Waals surface area contributed by atoms with Crippen molar-refractivity contribution in [2.45, 2.75) is 50.1 Å². The van der Waals surface area contributed by atoms with E-state index in [9.17, 15) is 48.6 Å². The van der Waals surface area contributed by atoms with Gasteiger partial charge in [-0.3, -0.25) is 38.6 Å². The summed E-state index contributed by atoms with van der Waals surface area (Å²) in [6.07, 6.45) is -0.899. The van der Waals surface area contributed by atoms with Crippen LogP contribution in [0.1, 0.15) is 53.3 Å². The van der Waals surface area contributed by atoms with Gasteiger partial charge in [-0.2, -0.15) is 0 Å². The summed E-state index contributed by atoms with van der Waals surface area (Å²) in [5, 5.41) is 21.2. The van der Waals surface area contributed by atoms with Gasteiger partial charge in [0.15, 0.2) is 0 Å². The number of carboxylic acid groups (broad SMARTS) is 2. The first kappa shape index (κ1) is 29.5. The number of thioether (sulfide) groups is 1. The highest BCUT2D eigenvalue weighted by atomic mass is 32.2. The van der Waals surface area contributed by atoms with Gasteiger partial charge >= 0.3 is 17.9 Å². The predicted molar refractivity (Wildman–Crippen MR) is 138 cm³/mol. The Bertz CT molecular complexity index is 1370. The van der Waals surface area contributed by atoms with E-state index < -0.39 is 77.8 Å². The van der Waals surface area contributed by atoms with Crippen molar-refractivity contribution in [3.63, 3.8) is 0 Å². The number of β-lactam (4-membered cyclic amide) rings is 1. The number of hydrogen-bond acceptors (Lipinski definition) is 10. The van der Waals surface area contributed by atoms with Crippen LogP contribution in [0, 0.1) is 0 Å². The largest absolute Gasteiger partial charge is 0.480 e. The number of amides is 4. The average Bonchev–Trinajstić information content (AvgIpc) is 3.16. The summed E-state index contributed by atoms with van der Waals surface area (Å²) in [5.41, 5.74) is 0.0186. The number of Topliss-reactive ketones (excluding diaryl/α,β-unsaturated/α-hetero) is 1. The number of ketones is 1. The molecule has 0 aromatic heterocycles. The first-order valence-electron chi connectivity index (χ1n) is 12.5. The number of ether oxygens (including phenoxy) is 1. The Balaban J connectivity index is 1.33. The zero-order chi connectivity index (χ0) is 30.0. The van der Waals surface area contributed by atoms with E-state index in [1.54, 1.807) is 12.1 Å². The van der Waals surface area contributed by atoms with E-state index in [0.717, 1.165) is 16.7 Å². The molecule has 3 aliphatic heterocycles. The third-order valence-corrected chi connectivity index (χ3v) is 8.01. The number of nitrogens with zero attached hydrogens (tertiary/aromatic N) is 2. The maximum Gasteiger partial charge on any atom is 0.352 e. The number of fused-ring (bicyclic) bond motifs is 2. The minimum Gasteiger partial charge on any atom is -0.480 e. The highest BCUT2D eigenvalue weighted by Crippen LogP contribution is 2.40. The summed E-state index contributed by atoms with van der Waals surface area (Å²) in [7, 11) is 0. The van der Waals surface area contributed by atoms with Gasteiger partial charge in [-0.25, -0.2) is 9.59 Å². The fraction of sp³-hybridized carbons (Fsp3) is 0.385. The average molecular weight is 588 g/mol. The van der Waals surface area contributed by atoms with Gasteiger partial charge in [0.25, 0.3) is 17.7 Å². The van der Waals surface area contributed by atoms with Gasteiger partial charge in [0.2, 0.25) is 5.91 Å². The molecule has 1 aromatic carbocycles. The predicted octanol–water partition coefficient (Wildman–Crippen LogP) is 0.167. The number of aliphatic carboxylic acids is 2. The summed E-state index contributed by atoms with van der Waals surface area (Å²) in [6.45, 7) is 0.794. The lowest BCUT2D eigenvalue weighted by Gasteiger charge is -2.49. The van der Waals surface area contributed by atoms with Crippen LogP contribution >= 0.6 is 11.8 Å². The van der Waals surface area contributed by atoms with Crippen LogP contribution in [0.5, 0.6) is 0 Å². The van der Waals surface area contributed by atoms with Crippen LogP contribution in [0.2, 0.25) is 0 Å². The zero-order valence-corrected chi connectivity index (χ0v) is 22.5. The second-order valence-corrected chi connectivity index (χ2v) is 10.6. The van der Waals surface area contributed by atoms with E-state index in [4.69, 9.17) is 4.74 Å². The number of imide groups is 1. The number of hydrogen-bond donors (Lipinski definition) is 3. The number of carbonyl (C=O) groups is 8. The van der Waals surface area contributed by atoms with Crippen LogP contribution in [-0.2, 0) is 33.5 Å². The number of benzene rings is 1.